The van der Waals surface area contributed by atoms with E-state index < -0.39 is 16.7 Å². The molecule has 1 aliphatic carbocycles. The van der Waals surface area contributed by atoms with E-state index in [1.54, 1.807) is 7.05 Å². The zero-order valence-electron chi connectivity index (χ0n) is 20.6. The van der Waals surface area contributed by atoms with Crippen molar-refractivity contribution in [3.05, 3.63) is 62.1 Å². The van der Waals surface area contributed by atoms with Crippen molar-refractivity contribution < 1.29 is 4.79 Å². The van der Waals surface area contributed by atoms with Crippen molar-refractivity contribution in [1.29, 1.82) is 0 Å². The molecule has 0 saturated heterocycles. The van der Waals surface area contributed by atoms with Gasteiger partial charge in [0.1, 0.15) is 16.2 Å². The molecule has 0 fully saturated rings. The molecule has 0 bridgehead atoms. The molecule has 1 atom stereocenters. The number of fused-ring (bicyclic) bond motifs is 2. The zero-order chi connectivity index (χ0) is 24.8. The molecule has 0 radical (unpaired) electrons. The number of carbonyl (C=O) groups is 1. The van der Waals surface area contributed by atoms with Crippen molar-refractivity contribution in [3.63, 3.8) is 0 Å². The van der Waals surface area contributed by atoms with Crippen LogP contribution in [0.5, 0.6) is 0 Å². The van der Waals surface area contributed by atoms with Gasteiger partial charge in [-0.2, -0.15) is 0 Å². The standard InChI is InChI=1S/C25H31N5O3S/c1-25(2,3)23-26-20-19(22(32)30(6)24(33)29(20)5)21(27-23)34-14-18(31)28(4)17-13-9-11-15-10-7-8-12-16(15)17/h7-8,10,12,17H,9,11,13-14H2,1-6H3. The summed E-state index contributed by atoms with van der Waals surface area (Å²) in [4.78, 5) is 49.8. The summed E-state index contributed by atoms with van der Waals surface area (Å²) in [6.45, 7) is 5.92. The van der Waals surface area contributed by atoms with E-state index in [9.17, 15) is 14.4 Å². The number of carbonyl (C=O) groups excluding carboxylic acids is 1. The van der Waals surface area contributed by atoms with Crippen LogP contribution in [0.15, 0.2) is 38.9 Å². The van der Waals surface area contributed by atoms with Crippen molar-refractivity contribution in [2.24, 2.45) is 14.1 Å². The summed E-state index contributed by atoms with van der Waals surface area (Å²) in [6, 6.07) is 8.34. The molecule has 1 aromatic carbocycles. The molecular weight excluding hydrogens is 450 g/mol. The second-order valence-electron chi connectivity index (χ2n) is 9.91. The van der Waals surface area contributed by atoms with Crippen LogP contribution in [0.25, 0.3) is 11.0 Å². The summed E-state index contributed by atoms with van der Waals surface area (Å²) in [5.74, 6) is 0.627. The predicted octanol–water partition coefficient (Wildman–Crippen LogP) is 2.95. The van der Waals surface area contributed by atoms with E-state index in [1.165, 1.54) is 34.5 Å². The third-order valence-corrected chi connectivity index (χ3v) is 7.43. The largest absolute Gasteiger partial charge is 0.338 e. The topological polar surface area (TPSA) is 90.1 Å². The number of aryl methyl sites for hydroxylation is 2. The molecule has 2 heterocycles. The first kappa shape index (κ1) is 24.2. The summed E-state index contributed by atoms with van der Waals surface area (Å²) in [5.41, 5.74) is 1.50. The molecule has 1 amide bonds. The van der Waals surface area contributed by atoms with E-state index in [4.69, 9.17) is 0 Å². The van der Waals surface area contributed by atoms with E-state index >= 15 is 0 Å². The highest BCUT2D eigenvalue weighted by Crippen LogP contribution is 2.34. The molecule has 3 aromatic rings. The molecule has 0 saturated carbocycles. The van der Waals surface area contributed by atoms with Gasteiger partial charge in [0.05, 0.1) is 11.8 Å². The summed E-state index contributed by atoms with van der Waals surface area (Å²) < 4.78 is 2.42. The quantitative estimate of drug-likeness (QED) is 0.420. The summed E-state index contributed by atoms with van der Waals surface area (Å²) in [6.07, 6.45) is 3.01. The Kier molecular flexibility index (Phi) is 6.42. The summed E-state index contributed by atoms with van der Waals surface area (Å²) in [7, 11) is 4.88. The first-order valence-electron chi connectivity index (χ1n) is 11.4. The molecule has 8 nitrogen and oxygen atoms in total. The van der Waals surface area contributed by atoms with Crippen molar-refractivity contribution >= 4 is 28.7 Å². The molecule has 34 heavy (non-hydrogen) atoms. The molecule has 0 N–H and O–H groups in total. The fourth-order valence-electron chi connectivity index (χ4n) is 4.41. The first-order chi connectivity index (χ1) is 16.0. The van der Waals surface area contributed by atoms with Crippen LogP contribution in [0.2, 0.25) is 0 Å². The van der Waals surface area contributed by atoms with Gasteiger partial charge in [-0.3, -0.25) is 18.7 Å². The van der Waals surface area contributed by atoms with Crippen molar-refractivity contribution in [3.8, 4) is 0 Å². The van der Waals surface area contributed by atoms with E-state index in [1.807, 2.05) is 44.9 Å². The molecule has 9 heteroatoms. The van der Waals surface area contributed by atoms with Gasteiger partial charge in [-0.15, -0.1) is 0 Å². The van der Waals surface area contributed by atoms with Crippen LogP contribution in [-0.4, -0.2) is 42.7 Å². The van der Waals surface area contributed by atoms with Gasteiger partial charge in [-0.05, 0) is 30.4 Å². The maximum Gasteiger partial charge on any atom is 0.332 e. The highest BCUT2D eigenvalue weighted by Gasteiger charge is 2.28. The molecular formula is C25H31N5O3S. The number of amides is 1. The fourth-order valence-corrected chi connectivity index (χ4v) is 5.34. The normalized spacial score (nSPS) is 15.9. The Balaban J connectivity index is 1.69. The van der Waals surface area contributed by atoms with Crippen LogP contribution in [0, 0.1) is 0 Å². The number of aromatic nitrogens is 4. The first-order valence-corrected chi connectivity index (χ1v) is 12.4. The molecule has 0 spiro atoms. The maximum absolute atomic E-state index is 13.2. The Morgan fingerprint density at radius 3 is 2.56 bits per heavy atom. The SMILES string of the molecule is CN(C(=O)CSc1nc(C(C)(C)C)nc2c1c(=O)n(C)c(=O)n2C)C1CCCc2ccccc21. The molecule has 4 rings (SSSR count). The van der Waals surface area contributed by atoms with Crippen LogP contribution in [-0.2, 0) is 30.7 Å². The number of rotatable bonds is 4. The minimum Gasteiger partial charge on any atom is -0.338 e. The smallest absolute Gasteiger partial charge is 0.332 e. The van der Waals surface area contributed by atoms with Gasteiger partial charge in [0, 0.05) is 26.6 Å². The van der Waals surface area contributed by atoms with Gasteiger partial charge < -0.3 is 4.90 Å². The van der Waals surface area contributed by atoms with Crippen molar-refractivity contribution in [2.75, 3.05) is 12.8 Å². The lowest BCUT2D eigenvalue weighted by atomic mass is 9.87. The lowest BCUT2D eigenvalue weighted by Crippen LogP contribution is -2.38. The Morgan fingerprint density at radius 2 is 1.85 bits per heavy atom. The number of benzene rings is 1. The molecule has 1 unspecified atom stereocenters. The van der Waals surface area contributed by atoms with Gasteiger partial charge in [0.15, 0.2) is 5.65 Å². The fraction of sp³-hybridized carbons (Fsp3) is 0.480. The number of thioether (sulfide) groups is 1. The van der Waals surface area contributed by atoms with E-state index in [0.717, 1.165) is 23.8 Å². The van der Waals surface area contributed by atoms with E-state index in [-0.39, 0.29) is 28.7 Å². The van der Waals surface area contributed by atoms with Gasteiger partial charge in [0.2, 0.25) is 5.91 Å². The highest BCUT2D eigenvalue weighted by atomic mass is 32.2. The second-order valence-corrected chi connectivity index (χ2v) is 10.9. The Bertz CT molecular complexity index is 1390. The van der Waals surface area contributed by atoms with Crippen LogP contribution < -0.4 is 11.2 Å². The van der Waals surface area contributed by atoms with Crippen LogP contribution in [0.1, 0.15) is 56.6 Å². The average Bonchev–Trinajstić information content (AvgIpc) is 2.82. The van der Waals surface area contributed by atoms with Crippen molar-refractivity contribution in [2.45, 2.75) is 56.5 Å². The summed E-state index contributed by atoms with van der Waals surface area (Å²) >= 11 is 1.23. The van der Waals surface area contributed by atoms with Crippen LogP contribution in [0.4, 0.5) is 0 Å². The number of nitrogens with zero attached hydrogens (tertiary/aromatic N) is 5. The molecule has 1 aliphatic rings. The Labute approximate surface area is 203 Å². The van der Waals surface area contributed by atoms with Gasteiger partial charge in [-0.1, -0.05) is 56.8 Å². The highest BCUT2D eigenvalue weighted by molar-refractivity contribution is 8.00. The summed E-state index contributed by atoms with van der Waals surface area (Å²) in [5, 5.41) is 0.693. The minimum atomic E-state index is -0.455. The van der Waals surface area contributed by atoms with Gasteiger partial charge in [-0.25, -0.2) is 14.8 Å². The molecule has 2 aromatic heterocycles. The monoisotopic (exact) mass is 481 g/mol. The predicted molar refractivity (Wildman–Crippen MR) is 134 cm³/mol. The van der Waals surface area contributed by atoms with Crippen LogP contribution >= 0.6 is 11.8 Å². The Morgan fingerprint density at radius 1 is 1.15 bits per heavy atom. The Hall–Kier alpha value is -2.94. The number of hydrogen-bond acceptors (Lipinski definition) is 6. The molecule has 0 aliphatic heterocycles. The average molecular weight is 482 g/mol. The van der Waals surface area contributed by atoms with E-state index in [0.29, 0.717) is 10.9 Å². The lowest BCUT2D eigenvalue weighted by Gasteiger charge is -2.33. The van der Waals surface area contributed by atoms with Gasteiger partial charge in [0.25, 0.3) is 5.56 Å². The lowest BCUT2D eigenvalue weighted by molar-refractivity contribution is -0.129. The van der Waals surface area contributed by atoms with Crippen LogP contribution in [0.3, 0.4) is 0 Å². The van der Waals surface area contributed by atoms with E-state index in [2.05, 4.69) is 22.1 Å². The zero-order valence-corrected chi connectivity index (χ0v) is 21.4. The van der Waals surface area contributed by atoms with Gasteiger partial charge >= 0.3 is 5.69 Å². The second kappa shape index (κ2) is 9.02. The minimum absolute atomic E-state index is 0.0302. The number of hydrogen-bond donors (Lipinski definition) is 0. The third kappa shape index (κ3) is 4.29. The van der Waals surface area contributed by atoms with Crippen molar-refractivity contribution in [1.82, 2.24) is 24.0 Å². The molecule has 180 valence electrons. The third-order valence-electron chi connectivity index (χ3n) is 6.47. The maximum atomic E-state index is 13.2.